The topological polar surface area (TPSA) is 21.3 Å². The summed E-state index contributed by atoms with van der Waals surface area (Å²) in [6.45, 7) is 0. The van der Waals surface area contributed by atoms with E-state index >= 15 is 0 Å². The number of ether oxygens (including phenoxy) is 1. The monoisotopic (exact) mass is 285 g/mol. The molecule has 0 bridgehead atoms. The van der Waals surface area contributed by atoms with Crippen molar-refractivity contribution in [1.29, 1.82) is 0 Å². The van der Waals surface area contributed by atoms with Gasteiger partial charge in [-0.05, 0) is 49.3 Å². The Hall–Kier alpha value is -1.23. The first-order valence-electron chi connectivity index (χ1n) is 6.92. The molecule has 0 amide bonds. The van der Waals surface area contributed by atoms with Crippen molar-refractivity contribution in [2.24, 2.45) is 0 Å². The Kier molecular flexibility index (Phi) is 3.20. The minimum atomic E-state index is -4.12. The van der Waals surface area contributed by atoms with Gasteiger partial charge in [-0.1, -0.05) is 12.1 Å². The third-order valence-electron chi connectivity index (χ3n) is 4.48. The maximum atomic E-state index is 12.9. The molecule has 0 aromatic heterocycles. The van der Waals surface area contributed by atoms with Crippen LogP contribution in [-0.2, 0) is 0 Å². The lowest BCUT2D eigenvalue weighted by Gasteiger charge is -2.39. The third-order valence-corrected chi connectivity index (χ3v) is 4.48. The number of nitrogens with one attached hydrogen (secondary N) is 1. The summed E-state index contributed by atoms with van der Waals surface area (Å²) < 4.78 is 43.7. The minimum Gasteiger partial charge on any atom is -0.497 e. The molecule has 0 heterocycles. The van der Waals surface area contributed by atoms with Crippen LogP contribution in [-0.4, -0.2) is 24.9 Å². The summed E-state index contributed by atoms with van der Waals surface area (Å²) in [6.07, 6.45) is -2.14. The predicted octanol–water partition coefficient (Wildman–Crippen LogP) is 3.63. The number of alkyl halides is 3. The number of halogens is 3. The van der Waals surface area contributed by atoms with Crippen LogP contribution in [0.15, 0.2) is 24.3 Å². The van der Waals surface area contributed by atoms with E-state index in [4.69, 9.17) is 4.74 Å². The Morgan fingerprint density at radius 1 is 1.25 bits per heavy atom. The van der Waals surface area contributed by atoms with Gasteiger partial charge >= 0.3 is 6.18 Å². The standard InChI is InChI=1S/C15H18F3NO/c1-20-13-4-2-3-10(9-13)11-7-12(8-11)19-14(5-6-14)15(16,17)18/h2-4,9,11-12,19H,5-8H2,1H3. The Balaban J connectivity index is 1.57. The van der Waals surface area contributed by atoms with Gasteiger partial charge in [-0.25, -0.2) is 0 Å². The van der Waals surface area contributed by atoms with Crippen molar-refractivity contribution in [3.05, 3.63) is 29.8 Å². The van der Waals surface area contributed by atoms with Gasteiger partial charge in [0.25, 0.3) is 0 Å². The van der Waals surface area contributed by atoms with Crippen LogP contribution in [0.5, 0.6) is 5.75 Å². The average Bonchev–Trinajstić information content (AvgIpc) is 3.14. The molecular formula is C15H18F3NO. The van der Waals surface area contributed by atoms with Crippen molar-refractivity contribution >= 4 is 0 Å². The first-order chi connectivity index (χ1) is 9.43. The molecule has 2 aliphatic rings. The quantitative estimate of drug-likeness (QED) is 0.912. The Morgan fingerprint density at radius 2 is 1.95 bits per heavy atom. The van der Waals surface area contributed by atoms with Crippen molar-refractivity contribution in [3.63, 3.8) is 0 Å². The van der Waals surface area contributed by atoms with E-state index < -0.39 is 11.7 Å². The molecule has 110 valence electrons. The highest BCUT2D eigenvalue weighted by atomic mass is 19.4. The van der Waals surface area contributed by atoms with Crippen LogP contribution in [0.4, 0.5) is 13.2 Å². The first kappa shape index (κ1) is 13.7. The number of methoxy groups -OCH3 is 1. The molecule has 2 nitrogen and oxygen atoms in total. The molecular weight excluding hydrogens is 267 g/mol. The van der Waals surface area contributed by atoms with Crippen LogP contribution in [0.2, 0.25) is 0 Å². The summed E-state index contributed by atoms with van der Waals surface area (Å²) >= 11 is 0. The number of benzene rings is 1. The zero-order chi connectivity index (χ0) is 14.4. The predicted molar refractivity (Wildman–Crippen MR) is 69.9 cm³/mol. The maximum absolute atomic E-state index is 12.9. The highest BCUT2D eigenvalue weighted by molar-refractivity contribution is 5.32. The van der Waals surface area contributed by atoms with E-state index in [2.05, 4.69) is 5.32 Å². The summed E-state index contributed by atoms with van der Waals surface area (Å²) in [4.78, 5) is 0. The largest absolute Gasteiger partial charge is 0.497 e. The molecule has 0 unspecified atom stereocenters. The van der Waals surface area contributed by atoms with Gasteiger partial charge in [-0.15, -0.1) is 0 Å². The maximum Gasteiger partial charge on any atom is 0.406 e. The van der Waals surface area contributed by atoms with Gasteiger partial charge in [0, 0.05) is 6.04 Å². The lowest BCUT2D eigenvalue weighted by atomic mass is 9.75. The van der Waals surface area contributed by atoms with Gasteiger partial charge in [0.1, 0.15) is 11.3 Å². The lowest BCUT2D eigenvalue weighted by molar-refractivity contribution is -0.169. The zero-order valence-corrected chi connectivity index (χ0v) is 11.3. The molecule has 20 heavy (non-hydrogen) atoms. The summed E-state index contributed by atoms with van der Waals surface area (Å²) in [5, 5.41) is 2.82. The van der Waals surface area contributed by atoms with Gasteiger partial charge < -0.3 is 10.1 Å². The van der Waals surface area contributed by atoms with Crippen molar-refractivity contribution < 1.29 is 17.9 Å². The fourth-order valence-electron chi connectivity index (χ4n) is 2.93. The number of hydrogen-bond donors (Lipinski definition) is 1. The summed E-state index contributed by atoms with van der Waals surface area (Å²) in [6, 6.07) is 7.76. The van der Waals surface area contributed by atoms with Gasteiger partial charge in [-0.3, -0.25) is 0 Å². The highest BCUT2D eigenvalue weighted by Crippen LogP contribution is 2.51. The van der Waals surface area contributed by atoms with Crippen LogP contribution in [0, 0.1) is 0 Å². The summed E-state index contributed by atoms with van der Waals surface area (Å²) in [7, 11) is 1.62. The molecule has 0 radical (unpaired) electrons. The van der Waals surface area contributed by atoms with Crippen molar-refractivity contribution in [1.82, 2.24) is 5.32 Å². The molecule has 3 rings (SSSR count). The van der Waals surface area contributed by atoms with Crippen LogP contribution in [0.3, 0.4) is 0 Å². The van der Waals surface area contributed by atoms with Crippen LogP contribution in [0.25, 0.3) is 0 Å². The van der Waals surface area contributed by atoms with E-state index in [-0.39, 0.29) is 18.9 Å². The fourth-order valence-corrected chi connectivity index (χ4v) is 2.93. The summed E-state index contributed by atoms with van der Waals surface area (Å²) in [5.41, 5.74) is -0.434. The van der Waals surface area contributed by atoms with E-state index in [0.29, 0.717) is 5.92 Å². The second kappa shape index (κ2) is 4.65. The number of rotatable bonds is 4. The fraction of sp³-hybridized carbons (Fsp3) is 0.600. The van der Waals surface area contributed by atoms with E-state index in [1.807, 2.05) is 24.3 Å². The molecule has 2 aliphatic carbocycles. The normalized spacial score (nSPS) is 27.8. The smallest absolute Gasteiger partial charge is 0.406 e. The zero-order valence-electron chi connectivity index (χ0n) is 11.3. The van der Waals surface area contributed by atoms with Crippen LogP contribution in [0.1, 0.15) is 37.2 Å². The van der Waals surface area contributed by atoms with E-state index in [0.717, 1.165) is 24.2 Å². The van der Waals surface area contributed by atoms with E-state index in [1.165, 1.54) is 0 Å². The second-order valence-electron chi connectivity index (χ2n) is 5.87. The van der Waals surface area contributed by atoms with Gasteiger partial charge in [0.15, 0.2) is 0 Å². The second-order valence-corrected chi connectivity index (χ2v) is 5.87. The Morgan fingerprint density at radius 3 is 2.50 bits per heavy atom. The Bertz CT molecular complexity index is 490. The average molecular weight is 285 g/mol. The molecule has 0 spiro atoms. The first-order valence-corrected chi connectivity index (χ1v) is 6.92. The molecule has 1 aromatic carbocycles. The highest BCUT2D eigenvalue weighted by Gasteiger charge is 2.64. The van der Waals surface area contributed by atoms with Gasteiger partial charge in [-0.2, -0.15) is 13.2 Å². The molecule has 0 saturated heterocycles. The van der Waals surface area contributed by atoms with Crippen molar-refractivity contribution in [3.8, 4) is 5.75 Å². The molecule has 5 heteroatoms. The van der Waals surface area contributed by atoms with Crippen molar-refractivity contribution in [2.75, 3.05) is 7.11 Å². The van der Waals surface area contributed by atoms with E-state index in [1.54, 1.807) is 7.11 Å². The van der Waals surface area contributed by atoms with Crippen LogP contribution >= 0.6 is 0 Å². The minimum absolute atomic E-state index is 0.0182. The molecule has 0 aliphatic heterocycles. The third kappa shape index (κ3) is 2.39. The number of hydrogen-bond acceptors (Lipinski definition) is 2. The van der Waals surface area contributed by atoms with Gasteiger partial charge in [0.05, 0.1) is 7.11 Å². The van der Waals surface area contributed by atoms with Crippen LogP contribution < -0.4 is 10.1 Å². The lowest BCUT2D eigenvalue weighted by Crippen LogP contribution is -2.53. The van der Waals surface area contributed by atoms with E-state index in [9.17, 15) is 13.2 Å². The molecule has 2 saturated carbocycles. The molecule has 1 N–H and O–H groups in total. The summed E-state index contributed by atoms with van der Waals surface area (Å²) in [5.74, 6) is 1.14. The molecule has 2 fully saturated rings. The SMILES string of the molecule is COc1cccc(C2CC(NC3(C(F)(F)F)CC3)C2)c1. The molecule has 0 atom stereocenters. The van der Waals surface area contributed by atoms with Gasteiger partial charge in [0.2, 0.25) is 0 Å². The van der Waals surface area contributed by atoms with Crippen molar-refractivity contribution in [2.45, 2.75) is 49.4 Å². The Labute approximate surface area is 116 Å². The molecule has 1 aromatic rings.